The monoisotopic (exact) mass is 204 g/mol. The Morgan fingerprint density at radius 1 is 1.46 bits per heavy atom. The third-order valence-electron chi connectivity index (χ3n) is 1.72. The third-order valence-corrected chi connectivity index (χ3v) is 1.96. The molecule has 1 rings (SSSR count). The molecule has 2 nitrogen and oxygen atoms in total. The van der Waals surface area contributed by atoms with Crippen molar-refractivity contribution in [2.75, 3.05) is 6.61 Å². The summed E-state index contributed by atoms with van der Waals surface area (Å²) >= 11 is 5.53. The van der Waals surface area contributed by atoms with Gasteiger partial charge in [-0.3, -0.25) is 0 Å². The molecule has 1 unspecified atom stereocenters. The molecule has 0 spiro atoms. The Balaban J connectivity index is 2.88. The second-order valence-corrected chi connectivity index (χ2v) is 3.13. The van der Waals surface area contributed by atoms with Crippen molar-refractivity contribution in [3.05, 3.63) is 34.6 Å². The van der Waals surface area contributed by atoms with Crippen LogP contribution in [0.15, 0.2) is 18.2 Å². The van der Waals surface area contributed by atoms with Crippen molar-refractivity contribution < 1.29 is 14.6 Å². The van der Waals surface area contributed by atoms with Crippen molar-refractivity contribution in [2.24, 2.45) is 0 Å². The van der Waals surface area contributed by atoms with Crippen LogP contribution < -0.4 is 0 Å². The third kappa shape index (κ3) is 2.66. The van der Waals surface area contributed by atoms with E-state index >= 15 is 0 Å². The standard InChI is InChI=1S/C9H10ClFO2/c10-6-1-2-7(8(11)5-6)9(13)3-4-12/h1-2,5,9,12-13H,3-4H2. The quantitative estimate of drug-likeness (QED) is 0.790. The lowest BCUT2D eigenvalue weighted by Gasteiger charge is -2.09. The number of benzene rings is 1. The van der Waals surface area contributed by atoms with E-state index in [2.05, 4.69) is 0 Å². The van der Waals surface area contributed by atoms with Gasteiger partial charge in [-0.25, -0.2) is 4.39 Å². The molecular weight excluding hydrogens is 195 g/mol. The molecule has 72 valence electrons. The van der Waals surface area contributed by atoms with Gasteiger partial charge < -0.3 is 10.2 Å². The summed E-state index contributed by atoms with van der Waals surface area (Å²) in [7, 11) is 0. The Morgan fingerprint density at radius 3 is 2.69 bits per heavy atom. The van der Waals surface area contributed by atoms with E-state index in [0.717, 1.165) is 6.07 Å². The Hall–Kier alpha value is -0.640. The highest BCUT2D eigenvalue weighted by molar-refractivity contribution is 6.30. The lowest BCUT2D eigenvalue weighted by atomic mass is 10.1. The molecule has 0 heterocycles. The molecule has 13 heavy (non-hydrogen) atoms. The lowest BCUT2D eigenvalue weighted by molar-refractivity contribution is 0.131. The molecule has 0 saturated carbocycles. The highest BCUT2D eigenvalue weighted by Crippen LogP contribution is 2.22. The maximum absolute atomic E-state index is 13.1. The fourth-order valence-corrected chi connectivity index (χ4v) is 1.21. The van der Waals surface area contributed by atoms with Gasteiger partial charge in [0, 0.05) is 23.6 Å². The number of hydrogen-bond donors (Lipinski definition) is 2. The molecule has 0 bridgehead atoms. The van der Waals surface area contributed by atoms with Crippen LogP contribution in [0.4, 0.5) is 4.39 Å². The van der Waals surface area contributed by atoms with Gasteiger partial charge in [0.2, 0.25) is 0 Å². The van der Waals surface area contributed by atoms with Crippen molar-refractivity contribution in [3.63, 3.8) is 0 Å². The molecule has 2 N–H and O–H groups in total. The first-order valence-corrected chi connectivity index (χ1v) is 4.27. The summed E-state index contributed by atoms with van der Waals surface area (Å²) < 4.78 is 13.1. The van der Waals surface area contributed by atoms with Crippen LogP contribution >= 0.6 is 11.6 Å². The van der Waals surface area contributed by atoms with Crippen molar-refractivity contribution in [2.45, 2.75) is 12.5 Å². The van der Waals surface area contributed by atoms with Gasteiger partial charge in [-0.05, 0) is 12.1 Å². The fraction of sp³-hybridized carbons (Fsp3) is 0.333. The topological polar surface area (TPSA) is 40.5 Å². The molecule has 0 fully saturated rings. The van der Waals surface area contributed by atoms with Crippen molar-refractivity contribution in [3.8, 4) is 0 Å². The number of halogens is 2. The molecule has 0 radical (unpaired) electrons. The van der Waals surface area contributed by atoms with Gasteiger partial charge >= 0.3 is 0 Å². The first-order chi connectivity index (χ1) is 6.15. The van der Waals surface area contributed by atoms with Crippen LogP contribution in [-0.4, -0.2) is 16.8 Å². The largest absolute Gasteiger partial charge is 0.396 e. The maximum atomic E-state index is 13.1. The highest BCUT2D eigenvalue weighted by Gasteiger charge is 2.11. The lowest BCUT2D eigenvalue weighted by Crippen LogP contribution is -2.02. The fourth-order valence-electron chi connectivity index (χ4n) is 1.05. The maximum Gasteiger partial charge on any atom is 0.130 e. The minimum atomic E-state index is -0.970. The Bertz CT molecular complexity index is 291. The van der Waals surface area contributed by atoms with Crippen molar-refractivity contribution in [1.29, 1.82) is 0 Å². The van der Waals surface area contributed by atoms with Crippen molar-refractivity contribution >= 4 is 11.6 Å². The number of rotatable bonds is 3. The van der Waals surface area contributed by atoms with Crippen LogP contribution in [0.25, 0.3) is 0 Å². The zero-order valence-electron chi connectivity index (χ0n) is 6.87. The average molecular weight is 205 g/mol. The van der Waals surface area contributed by atoms with E-state index in [0.29, 0.717) is 0 Å². The summed E-state index contributed by atoms with van der Waals surface area (Å²) in [6.07, 6.45) is -0.847. The predicted molar refractivity (Wildman–Crippen MR) is 48.1 cm³/mol. The summed E-state index contributed by atoms with van der Waals surface area (Å²) in [6, 6.07) is 4.05. The van der Waals surface area contributed by atoms with Gasteiger partial charge in [-0.15, -0.1) is 0 Å². The molecule has 0 aromatic heterocycles. The van der Waals surface area contributed by atoms with Crippen molar-refractivity contribution in [1.82, 2.24) is 0 Å². The molecule has 4 heteroatoms. The van der Waals surface area contributed by atoms with E-state index in [1.807, 2.05) is 0 Å². The number of hydrogen-bond acceptors (Lipinski definition) is 2. The summed E-state index contributed by atoms with van der Waals surface area (Å²) in [4.78, 5) is 0. The Labute approximate surface area is 80.6 Å². The van der Waals surface area contributed by atoms with E-state index in [1.54, 1.807) is 0 Å². The van der Waals surface area contributed by atoms with Crippen LogP contribution in [0.3, 0.4) is 0 Å². The second-order valence-electron chi connectivity index (χ2n) is 2.69. The molecule has 1 atom stereocenters. The average Bonchev–Trinajstić information content (AvgIpc) is 2.04. The van der Waals surface area contributed by atoms with Crippen LogP contribution in [0, 0.1) is 5.82 Å². The van der Waals surface area contributed by atoms with E-state index in [-0.39, 0.29) is 23.6 Å². The molecular formula is C9H10ClFO2. The van der Waals surface area contributed by atoms with Gasteiger partial charge in [0.15, 0.2) is 0 Å². The Kier molecular flexibility index (Phi) is 3.66. The van der Waals surface area contributed by atoms with E-state index in [1.165, 1.54) is 12.1 Å². The summed E-state index contributed by atoms with van der Waals surface area (Å²) in [6.45, 7) is -0.177. The predicted octanol–water partition coefficient (Wildman–Crippen LogP) is 1.89. The van der Waals surface area contributed by atoms with E-state index < -0.39 is 11.9 Å². The van der Waals surface area contributed by atoms with Gasteiger partial charge in [-0.1, -0.05) is 17.7 Å². The van der Waals surface area contributed by atoms with Gasteiger partial charge in [0.1, 0.15) is 5.82 Å². The smallest absolute Gasteiger partial charge is 0.130 e. The molecule has 1 aromatic rings. The van der Waals surface area contributed by atoms with Crippen LogP contribution in [0.5, 0.6) is 0 Å². The van der Waals surface area contributed by atoms with E-state index in [4.69, 9.17) is 16.7 Å². The first-order valence-electron chi connectivity index (χ1n) is 3.89. The molecule has 0 aliphatic rings. The molecule has 0 saturated heterocycles. The molecule has 1 aromatic carbocycles. The molecule has 0 amide bonds. The van der Waals surface area contributed by atoms with Crippen LogP contribution in [-0.2, 0) is 0 Å². The SMILES string of the molecule is OCCC(O)c1ccc(Cl)cc1F. The highest BCUT2D eigenvalue weighted by atomic mass is 35.5. The number of aliphatic hydroxyl groups is 2. The summed E-state index contributed by atoms with van der Waals surface area (Å²) in [5, 5.41) is 18.2. The zero-order chi connectivity index (χ0) is 9.84. The Morgan fingerprint density at radius 2 is 2.15 bits per heavy atom. The summed E-state index contributed by atoms with van der Waals surface area (Å²) in [5.74, 6) is -0.548. The number of aliphatic hydroxyl groups excluding tert-OH is 2. The van der Waals surface area contributed by atoms with Crippen LogP contribution in [0.1, 0.15) is 18.1 Å². The molecule has 0 aliphatic heterocycles. The minimum Gasteiger partial charge on any atom is -0.396 e. The summed E-state index contributed by atoms with van der Waals surface area (Å²) in [5.41, 5.74) is 0.165. The van der Waals surface area contributed by atoms with E-state index in [9.17, 15) is 9.50 Å². The van der Waals surface area contributed by atoms with Gasteiger partial charge in [0.25, 0.3) is 0 Å². The van der Waals surface area contributed by atoms with Gasteiger partial charge in [0.05, 0.1) is 6.10 Å². The molecule has 0 aliphatic carbocycles. The van der Waals surface area contributed by atoms with Crippen LogP contribution in [0.2, 0.25) is 5.02 Å². The van der Waals surface area contributed by atoms with Gasteiger partial charge in [-0.2, -0.15) is 0 Å². The minimum absolute atomic E-state index is 0.124. The normalized spacial score (nSPS) is 12.9. The zero-order valence-corrected chi connectivity index (χ0v) is 7.63. The first kappa shape index (κ1) is 10.4. The second kappa shape index (κ2) is 4.56.